The van der Waals surface area contributed by atoms with E-state index in [1.165, 1.54) is 0 Å². The summed E-state index contributed by atoms with van der Waals surface area (Å²) in [4.78, 5) is 4.84. The van der Waals surface area contributed by atoms with E-state index in [0.29, 0.717) is 4.99 Å². The first kappa shape index (κ1) is 11.0. The molecular weight excluding hydrogens is 220 g/mol. The number of pyridine rings is 1. The number of hydrogen-bond donors (Lipinski definition) is 1. The Kier molecular flexibility index (Phi) is 2.42. The maximum Gasteiger partial charge on any atom is 0.165 e. The van der Waals surface area contributed by atoms with Crippen molar-refractivity contribution in [1.82, 2.24) is 14.6 Å². The Morgan fingerprint density at radius 3 is 2.69 bits per heavy atom. The molecule has 0 aromatic carbocycles. The smallest absolute Gasteiger partial charge is 0.165 e. The van der Waals surface area contributed by atoms with Crippen LogP contribution in [0.1, 0.15) is 32.2 Å². The molecule has 0 unspecified atom stereocenters. The first-order valence-electron chi connectivity index (χ1n) is 5.05. The van der Waals surface area contributed by atoms with Gasteiger partial charge in [-0.25, -0.2) is 9.50 Å². The van der Waals surface area contributed by atoms with Crippen LogP contribution in [-0.4, -0.2) is 19.6 Å². The minimum Gasteiger partial charge on any atom is -0.389 e. The Balaban J connectivity index is 2.71. The molecule has 0 amide bonds. The molecule has 2 heterocycles. The van der Waals surface area contributed by atoms with Crippen molar-refractivity contribution < 1.29 is 0 Å². The predicted octanol–water partition coefficient (Wildman–Crippen LogP) is 1.66. The van der Waals surface area contributed by atoms with E-state index in [4.69, 9.17) is 18.0 Å². The third kappa shape index (κ3) is 1.78. The molecule has 0 aliphatic heterocycles. The normalized spacial score (nSPS) is 11.9. The summed E-state index contributed by atoms with van der Waals surface area (Å²) >= 11 is 4.99. The average molecular weight is 234 g/mol. The lowest BCUT2D eigenvalue weighted by molar-refractivity contribution is 0.545. The zero-order chi connectivity index (χ0) is 11.9. The summed E-state index contributed by atoms with van der Waals surface area (Å²) in [6.07, 6.45) is 1.85. The van der Waals surface area contributed by atoms with E-state index in [2.05, 4.69) is 30.9 Å². The molecule has 84 valence electrons. The van der Waals surface area contributed by atoms with Gasteiger partial charge < -0.3 is 5.73 Å². The second kappa shape index (κ2) is 3.52. The molecule has 2 aromatic heterocycles. The Labute approximate surface area is 99.5 Å². The van der Waals surface area contributed by atoms with E-state index in [1.807, 2.05) is 18.3 Å². The fraction of sp³-hybridized carbons (Fsp3) is 0.364. The molecule has 2 aromatic rings. The van der Waals surface area contributed by atoms with Gasteiger partial charge in [-0.3, -0.25) is 0 Å². The van der Waals surface area contributed by atoms with Crippen LogP contribution in [0.15, 0.2) is 18.3 Å². The van der Waals surface area contributed by atoms with Crippen molar-refractivity contribution in [3.05, 3.63) is 29.7 Å². The van der Waals surface area contributed by atoms with Crippen molar-refractivity contribution in [3.8, 4) is 0 Å². The molecule has 0 radical (unpaired) electrons. The van der Waals surface area contributed by atoms with Gasteiger partial charge in [0.15, 0.2) is 11.5 Å². The number of thiocarbonyl (C=S) groups is 1. The highest BCUT2D eigenvalue weighted by Gasteiger charge is 2.20. The molecule has 0 spiro atoms. The lowest BCUT2D eigenvalue weighted by Gasteiger charge is -2.11. The molecule has 0 saturated carbocycles. The van der Waals surface area contributed by atoms with Crippen LogP contribution in [0.4, 0.5) is 0 Å². The molecule has 5 heteroatoms. The molecule has 0 aliphatic carbocycles. The molecular formula is C11H14N4S. The lowest BCUT2D eigenvalue weighted by atomic mass is 9.96. The highest BCUT2D eigenvalue weighted by molar-refractivity contribution is 7.80. The summed E-state index contributed by atoms with van der Waals surface area (Å²) in [7, 11) is 0. The number of rotatable bonds is 1. The molecule has 0 fully saturated rings. The van der Waals surface area contributed by atoms with E-state index in [9.17, 15) is 0 Å². The van der Waals surface area contributed by atoms with Crippen molar-refractivity contribution in [1.29, 1.82) is 0 Å². The van der Waals surface area contributed by atoms with Gasteiger partial charge in [0.25, 0.3) is 0 Å². The van der Waals surface area contributed by atoms with Crippen LogP contribution in [0.5, 0.6) is 0 Å². The van der Waals surface area contributed by atoms with Crippen molar-refractivity contribution in [2.24, 2.45) is 5.73 Å². The zero-order valence-corrected chi connectivity index (χ0v) is 10.4. The van der Waals surface area contributed by atoms with E-state index in [0.717, 1.165) is 17.0 Å². The standard InChI is InChI=1S/C11H14N4S/c1-11(2,3)10-13-9-7(8(12)16)5-4-6-15(9)14-10/h4-6H,1-3H3,(H2,12,16). The van der Waals surface area contributed by atoms with Crippen LogP contribution in [0.3, 0.4) is 0 Å². The van der Waals surface area contributed by atoms with Crippen LogP contribution in [0, 0.1) is 0 Å². The van der Waals surface area contributed by atoms with Gasteiger partial charge in [-0.05, 0) is 12.1 Å². The minimum atomic E-state index is -0.0838. The van der Waals surface area contributed by atoms with Gasteiger partial charge in [-0.1, -0.05) is 33.0 Å². The number of nitrogens with two attached hydrogens (primary N) is 1. The van der Waals surface area contributed by atoms with Crippen molar-refractivity contribution in [3.63, 3.8) is 0 Å². The van der Waals surface area contributed by atoms with Crippen LogP contribution in [0.2, 0.25) is 0 Å². The van der Waals surface area contributed by atoms with E-state index < -0.39 is 0 Å². The van der Waals surface area contributed by atoms with E-state index in [-0.39, 0.29) is 5.41 Å². The van der Waals surface area contributed by atoms with Gasteiger partial charge in [0.2, 0.25) is 0 Å². The third-order valence-corrected chi connectivity index (χ3v) is 2.52. The number of nitrogens with zero attached hydrogens (tertiary/aromatic N) is 3. The van der Waals surface area contributed by atoms with Crippen molar-refractivity contribution in [2.45, 2.75) is 26.2 Å². The fourth-order valence-corrected chi connectivity index (χ4v) is 1.58. The molecule has 0 aliphatic rings. The van der Waals surface area contributed by atoms with Crippen molar-refractivity contribution >= 4 is 22.9 Å². The van der Waals surface area contributed by atoms with Gasteiger partial charge in [-0.15, -0.1) is 0 Å². The zero-order valence-electron chi connectivity index (χ0n) is 9.56. The average Bonchev–Trinajstić information content (AvgIpc) is 2.59. The second-order valence-corrected chi connectivity index (χ2v) is 5.18. The second-order valence-electron chi connectivity index (χ2n) is 4.74. The summed E-state index contributed by atoms with van der Waals surface area (Å²) in [5, 5.41) is 4.42. The summed E-state index contributed by atoms with van der Waals surface area (Å²) in [6, 6.07) is 3.72. The molecule has 0 atom stereocenters. The van der Waals surface area contributed by atoms with Gasteiger partial charge in [0.1, 0.15) is 4.99 Å². The summed E-state index contributed by atoms with van der Waals surface area (Å²) in [6.45, 7) is 6.21. The van der Waals surface area contributed by atoms with Gasteiger partial charge in [-0.2, -0.15) is 5.10 Å². The molecule has 2 N–H and O–H groups in total. The van der Waals surface area contributed by atoms with Crippen LogP contribution >= 0.6 is 12.2 Å². The highest BCUT2D eigenvalue weighted by Crippen LogP contribution is 2.20. The van der Waals surface area contributed by atoms with Crippen LogP contribution < -0.4 is 5.73 Å². The minimum absolute atomic E-state index is 0.0838. The molecule has 2 rings (SSSR count). The predicted molar refractivity (Wildman–Crippen MR) is 67.6 cm³/mol. The molecule has 4 nitrogen and oxygen atoms in total. The maximum absolute atomic E-state index is 5.65. The van der Waals surface area contributed by atoms with Gasteiger partial charge in [0.05, 0.1) is 5.56 Å². The maximum atomic E-state index is 5.65. The SMILES string of the molecule is CC(C)(C)c1nc2c(C(N)=S)cccn2n1. The van der Waals surface area contributed by atoms with Gasteiger partial charge >= 0.3 is 0 Å². The summed E-state index contributed by atoms with van der Waals surface area (Å²) < 4.78 is 1.72. The summed E-state index contributed by atoms with van der Waals surface area (Å²) in [5.41, 5.74) is 7.05. The topological polar surface area (TPSA) is 56.2 Å². The highest BCUT2D eigenvalue weighted by atomic mass is 32.1. The fourth-order valence-electron chi connectivity index (χ4n) is 1.42. The first-order valence-corrected chi connectivity index (χ1v) is 5.46. The quantitative estimate of drug-likeness (QED) is 0.762. The van der Waals surface area contributed by atoms with Crippen molar-refractivity contribution in [2.75, 3.05) is 0 Å². The van der Waals surface area contributed by atoms with E-state index >= 15 is 0 Å². The molecule has 16 heavy (non-hydrogen) atoms. The first-order chi connectivity index (χ1) is 7.39. The number of fused-ring (bicyclic) bond motifs is 1. The van der Waals surface area contributed by atoms with E-state index in [1.54, 1.807) is 4.52 Å². The Morgan fingerprint density at radius 2 is 2.12 bits per heavy atom. The van der Waals surface area contributed by atoms with Gasteiger partial charge in [0, 0.05) is 11.6 Å². The molecule has 0 bridgehead atoms. The summed E-state index contributed by atoms with van der Waals surface area (Å²) in [5.74, 6) is 0.788. The number of aromatic nitrogens is 3. The Morgan fingerprint density at radius 1 is 1.44 bits per heavy atom. The largest absolute Gasteiger partial charge is 0.389 e. The monoisotopic (exact) mass is 234 g/mol. The Hall–Kier alpha value is -1.49. The lowest BCUT2D eigenvalue weighted by Crippen LogP contribution is -2.13. The molecule has 0 saturated heterocycles. The van der Waals surface area contributed by atoms with Crippen LogP contribution in [0.25, 0.3) is 5.65 Å². The Bertz CT molecular complexity index is 551. The number of hydrogen-bond acceptors (Lipinski definition) is 3. The van der Waals surface area contributed by atoms with Crippen LogP contribution in [-0.2, 0) is 5.41 Å². The third-order valence-electron chi connectivity index (χ3n) is 2.30.